The van der Waals surface area contributed by atoms with Gasteiger partial charge in [-0.15, -0.1) is 0 Å². The van der Waals surface area contributed by atoms with Gasteiger partial charge in [-0.05, 0) is 61.8 Å². The van der Waals surface area contributed by atoms with E-state index in [1.165, 1.54) is 49.8 Å². The van der Waals surface area contributed by atoms with Gasteiger partial charge in [0.15, 0.2) is 0 Å². The molecule has 86 valence electrons. The van der Waals surface area contributed by atoms with Crippen LogP contribution >= 0.6 is 11.6 Å². The predicted molar refractivity (Wildman–Crippen MR) is 68.0 cm³/mol. The molecule has 1 aromatic rings. The van der Waals surface area contributed by atoms with Crippen molar-refractivity contribution in [1.82, 2.24) is 5.32 Å². The second-order valence-corrected chi connectivity index (χ2v) is 5.59. The number of hydrogen-bond acceptors (Lipinski definition) is 1. The molecule has 2 aliphatic rings. The molecule has 2 atom stereocenters. The Morgan fingerprint density at radius 3 is 3.00 bits per heavy atom. The maximum absolute atomic E-state index is 6.24. The Balaban J connectivity index is 1.68. The zero-order chi connectivity index (χ0) is 11.0. The Morgan fingerprint density at radius 2 is 2.25 bits per heavy atom. The molecule has 0 amide bonds. The van der Waals surface area contributed by atoms with Gasteiger partial charge in [0, 0.05) is 11.1 Å². The van der Waals surface area contributed by atoms with Crippen molar-refractivity contribution >= 4 is 11.6 Å². The topological polar surface area (TPSA) is 12.0 Å². The molecule has 1 nitrogen and oxygen atoms in total. The van der Waals surface area contributed by atoms with E-state index in [0.717, 1.165) is 17.0 Å². The minimum Gasteiger partial charge on any atom is -0.314 e. The second-order valence-electron chi connectivity index (χ2n) is 5.18. The quantitative estimate of drug-likeness (QED) is 0.830. The van der Waals surface area contributed by atoms with E-state index in [4.69, 9.17) is 11.6 Å². The van der Waals surface area contributed by atoms with E-state index in [9.17, 15) is 0 Å². The molecule has 1 saturated heterocycles. The van der Waals surface area contributed by atoms with Gasteiger partial charge in [-0.25, -0.2) is 0 Å². The summed E-state index contributed by atoms with van der Waals surface area (Å²) >= 11 is 6.24. The molecular formula is C14H18ClN. The van der Waals surface area contributed by atoms with Crippen LogP contribution in [-0.4, -0.2) is 12.6 Å². The van der Waals surface area contributed by atoms with Crippen LogP contribution in [0.15, 0.2) is 18.2 Å². The number of halogens is 1. The first-order chi connectivity index (χ1) is 7.83. The summed E-state index contributed by atoms with van der Waals surface area (Å²) in [5.74, 6) is 0.811. The summed E-state index contributed by atoms with van der Waals surface area (Å²) in [5, 5.41) is 4.56. The minimum absolute atomic E-state index is 0.762. The summed E-state index contributed by atoms with van der Waals surface area (Å²) in [6.07, 6.45) is 6.46. The van der Waals surface area contributed by atoms with Crippen molar-refractivity contribution in [2.24, 2.45) is 5.92 Å². The third kappa shape index (κ3) is 1.99. The maximum Gasteiger partial charge on any atom is 0.0440 e. The van der Waals surface area contributed by atoms with Crippen molar-refractivity contribution in [2.75, 3.05) is 6.54 Å². The summed E-state index contributed by atoms with van der Waals surface area (Å²) < 4.78 is 0. The first-order valence-corrected chi connectivity index (χ1v) is 6.70. The summed E-state index contributed by atoms with van der Waals surface area (Å²) in [6.45, 7) is 1.21. The molecule has 1 aliphatic heterocycles. The molecule has 1 aromatic carbocycles. The molecule has 16 heavy (non-hydrogen) atoms. The smallest absolute Gasteiger partial charge is 0.0440 e. The van der Waals surface area contributed by atoms with E-state index >= 15 is 0 Å². The number of benzene rings is 1. The maximum atomic E-state index is 6.24. The van der Waals surface area contributed by atoms with Gasteiger partial charge < -0.3 is 5.32 Å². The highest BCUT2D eigenvalue weighted by atomic mass is 35.5. The second kappa shape index (κ2) is 4.38. The fourth-order valence-electron chi connectivity index (χ4n) is 3.22. The molecule has 0 bridgehead atoms. The van der Waals surface area contributed by atoms with Crippen LogP contribution in [0.4, 0.5) is 0 Å². The van der Waals surface area contributed by atoms with E-state index in [-0.39, 0.29) is 0 Å². The summed E-state index contributed by atoms with van der Waals surface area (Å²) in [6, 6.07) is 7.11. The van der Waals surface area contributed by atoms with Gasteiger partial charge in [-0.1, -0.05) is 23.7 Å². The molecular weight excluding hydrogens is 218 g/mol. The van der Waals surface area contributed by atoms with Crippen molar-refractivity contribution in [3.63, 3.8) is 0 Å². The number of rotatable bonds is 2. The van der Waals surface area contributed by atoms with E-state index in [1.807, 2.05) is 6.07 Å². The first kappa shape index (κ1) is 10.6. The molecule has 0 saturated carbocycles. The van der Waals surface area contributed by atoms with Crippen LogP contribution in [-0.2, 0) is 12.8 Å². The van der Waals surface area contributed by atoms with Gasteiger partial charge in [-0.2, -0.15) is 0 Å². The summed E-state index contributed by atoms with van der Waals surface area (Å²) in [4.78, 5) is 0. The Kier molecular flexibility index (Phi) is 2.91. The zero-order valence-electron chi connectivity index (χ0n) is 9.51. The summed E-state index contributed by atoms with van der Waals surface area (Å²) in [7, 11) is 0. The fourth-order valence-corrected chi connectivity index (χ4v) is 3.49. The lowest BCUT2D eigenvalue weighted by Crippen LogP contribution is -2.24. The molecule has 1 aliphatic carbocycles. The molecule has 1 fully saturated rings. The van der Waals surface area contributed by atoms with E-state index in [1.54, 1.807) is 0 Å². The van der Waals surface area contributed by atoms with Gasteiger partial charge >= 0.3 is 0 Å². The molecule has 0 radical (unpaired) electrons. The Labute approximate surface area is 102 Å². The van der Waals surface area contributed by atoms with Crippen molar-refractivity contribution in [1.29, 1.82) is 0 Å². The number of fused-ring (bicyclic) bond motifs is 1. The standard InChI is InChI=1S/C14H18ClN/c15-14-5-1-3-11-7-10(9-13(11)14)8-12-4-2-6-16-12/h1,3,5,10,12,16H,2,4,6-9H2. The predicted octanol–water partition coefficient (Wildman–Crippen LogP) is 3.20. The highest BCUT2D eigenvalue weighted by molar-refractivity contribution is 6.31. The normalized spacial score (nSPS) is 28.3. The third-order valence-electron chi connectivity index (χ3n) is 4.00. The lowest BCUT2D eigenvalue weighted by atomic mass is 9.96. The molecule has 2 heteroatoms. The van der Waals surface area contributed by atoms with Crippen molar-refractivity contribution < 1.29 is 0 Å². The Morgan fingerprint density at radius 1 is 1.31 bits per heavy atom. The van der Waals surface area contributed by atoms with Crippen molar-refractivity contribution in [3.8, 4) is 0 Å². The summed E-state index contributed by atoms with van der Waals surface area (Å²) in [5.41, 5.74) is 2.89. The zero-order valence-corrected chi connectivity index (χ0v) is 10.3. The van der Waals surface area contributed by atoms with E-state index < -0.39 is 0 Å². The van der Waals surface area contributed by atoms with E-state index in [0.29, 0.717) is 0 Å². The van der Waals surface area contributed by atoms with Crippen molar-refractivity contribution in [2.45, 2.75) is 38.1 Å². The average Bonchev–Trinajstić information content (AvgIpc) is 2.88. The van der Waals surface area contributed by atoms with Crippen LogP contribution in [0.1, 0.15) is 30.4 Å². The van der Waals surface area contributed by atoms with Gasteiger partial charge in [0.25, 0.3) is 0 Å². The van der Waals surface area contributed by atoms with Crippen LogP contribution in [0.25, 0.3) is 0 Å². The largest absolute Gasteiger partial charge is 0.314 e. The van der Waals surface area contributed by atoms with Crippen LogP contribution in [0, 0.1) is 5.92 Å². The molecule has 0 aromatic heterocycles. The molecule has 1 heterocycles. The first-order valence-electron chi connectivity index (χ1n) is 6.32. The molecule has 0 spiro atoms. The van der Waals surface area contributed by atoms with Crippen LogP contribution in [0.3, 0.4) is 0 Å². The molecule has 3 rings (SSSR count). The van der Waals surface area contributed by atoms with Crippen LogP contribution in [0.2, 0.25) is 5.02 Å². The third-order valence-corrected chi connectivity index (χ3v) is 4.35. The highest BCUT2D eigenvalue weighted by Gasteiger charge is 2.26. The number of nitrogens with one attached hydrogen (secondary N) is 1. The lowest BCUT2D eigenvalue weighted by Gasteiger charge is -2.15. The monoisotopic (exact) mass is 235 g/mol. The van der Waals surface area contributed by atoms with Crippen molar-refractivity contribution in [3.05, 3.63) is 34.3 Å². The Bertz CT molecular complexity index is 382. The van der Waals surface area contributed by atoms with Gasteiger partial charge in [0.1, 0.15) is 0 Å². The molecule has 1 N–H and O–H groups in total. The van der Waals surface area contributed by atoms with Gasteiger partial charge in [-0.3, -0.25) is 0 Å². The van der Waals surface area contributed by atoms with Crippen LogP contribution in [0.5, 0.6) is 0 Å². The fraction of sp³-hybridized carbons (Fsp3) is 0.571. The minimum atomic E-state index is 0.762. The van der Waals surface area contributed by atoms with Crippen LogP contribution < -0.4 is 5.32 Å². The van der Waals surface area contributed by atoms with E-state index in [2.05, 4.69) is 17.4 Å². The van der Waals surface area contributed by atoms with Gasteiger partial charge in [0.2, 0.25) is 0 Å². The molecule has 2 unspecified atom stereocenters. The average molecular weight is 236 g/mol. The SMILES string of the molecule is Clc1cccc2c1CC(CC1CCCN1)C2. The lowest BCUT2D eigenvalue weighted by molar-refractivity contribution is 0.425. The number of hydrogen-bond donors (Lipinski definition) is 1. The Hall–Kier alpha value is -0.530. The van der Waals surface area contributed by atoms with Gasteiger partial charge in [0.05, 0.1) is 0 Å². The highest BCUT2D eigenvalue weighted by Crippen LogP contribution is 2.34.